The summed E-state index contributed by atoms with van der Waals surface area (Å²) in [4.78, 5) is 35.3. The van der Waals surface area contributed by atoms with Crippen LogP contribution in [-0.2, 0) is 19.1 Å². The fourth-order valence-electron chi connectivity index (χ4n) is 2.88. The molecular weight excluding hydrogens is 336 g/mol. The Labute approximate surface area is 153 Å². The average molecular weight is 362 g/mol. The highest BCUT2D eigenvalue weighted by atomic mass is 16.5. The van der Waals surface area contributed by atoms with Gasteiger partial charge in [-0.1, -0.05) is 25.3 Å². The van der Waals surface area contributed by atoms with Crippen LogP contribution in [0.4, 0.5) is 5.69 Å². The molecule has 0 radical (unpaired) electrons. The Balaban J connectivity index is 1.62. The Kier molecular flexibility index (Phi) is 7.92. The fraction of sp³-hybridized carbons (Fsp3) is 0.526. The Bertz CT molecular complexity index is 626. The van der Waals surface area contributed by atoms with E-state index in [1.807, 2.05) is 0 Å². The van der Waals surface area contributed by atoms with Gasteiger partial charge in [0.25, 0.3) is 5.91 Å². The van der Waals surface area contributed by atoms with Crippen molar-refractivity contribution in [2.45, 2.75) is 51.0 Å². The van der Waals surface area contributed by atoms with Crippen molar-refractivity contribution in [3.05, 3.63) is 24.3 Å². The Morgan fingerprint density at radius 3 is 2.58 bits per heavy atom. The molecule has 7 heteroatoms. The third-order valence-corrected chi connectivity index (χ3v) is 4.24. The van der Waals surface area contributed by atoms with Gasteiger partial charge in [0.1, 0.15) is 5.75 Å². The lowest BCUT2D eigenvalue weighted by molar-refractivity contribution is -0.148. The van der Waals surface area contributed by atoms with Crippen molar-refractivity contribution in [1.29, 1.82) is 0 Å². The molecule has 0 heterocycles. The summed E-state index contributed by atoms with van der Waals surface area (Å²) in [6.07, 6.45) is 5.53. The molecule has 2 rings (SSSR count). The topological polar surface area (TPSA) is 93.7 Å². The molecule has 1 aromatic carbocycles. The summed E-state index contributed by atoms with van der Waals surface area (Å²) >= 11 is 0. The minimum atomic E-state index is -0.565. The predicted molar refractivity (Wildman–Crippen MR) is 96.8 cm³/mol. The second kappa shape index (κ2) is 10.4. The van der Waals surface area contributed by atoms with Crippen molar-refractivity contribution in [3.8, 4) is 5.75 Å². The van der Waals surface area contributed by atoms with E-state index in [0.717, 1.165) is 25.7 Å². The molecule has 2 N–H and O–H groups in total. The van der Waals surface area contributed by atoms with E-state index >= 15 is 0 Å². The molecule has 2 amide bonds. The van der Waals surface area contributed by atoms with E-state index in [0.29, 0.717) is 11.4 Å². The number of nitrogens with one attached hydrogen (secondary N) is 2. The number of rotatable bonds is 8. The van der Waals surface area contributed by atoms with Crippen molar-refractivity contribution >= 4 is 23.5 Å². The normalized spacial score (nSPS) is 14.3. The Morgan fingerprint density at radius 1 is 1.08 bits per heavy atom. The van der Waals surface area contributed by atoms with Gasteiger partial charge in [-0.05, 0) is 25.0 Å². The molecule has 7 nitrogen and oxygen atoms in total. The number of hydrogen-bond donors (Lipinski definition) is 2. The van der Waals surface area contributed by atoms with Crippen molar-refractivity contribution in [2.75, 3.05) is 19.0 Å². The summed E-state index contributed by atoms with van der Waals surface area (Å²) in [6.45, 7) is -0.389. The zero-order valence-corrected chi connectivity index (χ0v) is 15.1. The number of esters is 1. The van der Waals surface area contributed by atoms with E-state index < -0.39 is 11.9 Å². The number of carbonyl (C=O) groups excluding carboxylic acids is 3. The smallest absolute Gasteiger partial charge is 0.306 e. The van der Waals surface area contributed by atoms with E-state index in [-0.39, 0.29) is 31.4 Å². The van der Waals surface area contributed by atoms with Crippen molar-refractivity contribution < 1.29 is 23.9 Å². The third-order valence-electron chi connectivity index (χ3n) is 4.24. The van der Waals surface area contributed by atoms with Crippen LogP contribution in [-0.4, -0.2) is 37.5 Å². The van der Waals surface area contributed by atoms with Gasteiger partial charge in [-0.3, -0.25) is 14.4 Å². The minimum Gasteiger partial charge on any atom is -0.497 e. The number of anilines is 1. The first kappa shape index (κ1) is 19.8. The molecule has 26 heavy (non-hydrogen) atoms. The Morgan fingerprint density at radius 2 is 1.85 bits per heavy atom. The van der Waals surface area contributed by atoms with E-state index in [1.54, 1.807) is 24.3 Å². The van der Waals surface area contributed by atoms with Gasteiger partial charge in [0.05, 0.1) is 13.5 Å². The monoisotopic (exact) mass is 362 g/mol. The molecule has 0 aromatic heterocycles. The van der Waals surface area contributed by atoms with Crippen LogP contribution in [0.5, 0.6) is 5.75 Å². The van der Waals surface area contributed by atoms with Gasteiger partial charge in [0, 0.05) is 24.2 Å². The molecular formula is C19H26N2O5. The molecule has 0 bridgehead atoms. The lowest BCUT2D eigenvalue weighted by Gasteiger charge is -2.22. The van der Waals surface area contributed by atoms with Crippen LogP contribution in [0.1, 0.15) is 44.9 Å². The second-order valence-corrected chi connectivity index (χ2v) is 6.34. The SMILES string of the molecule is COc1cccc(NC(=O)COC(=O)CCC(=O)NC2CCCCC2)c1. The van der Waals surface area contributed by atoms with E-state index in [9.17, 15) is 14.4 Å². The highest BCUT2D eigenvalue weighted by molar-refractivity contribution is 5.93. The number of benzene rings is 1. The first-order valence-electron chi connectivity index (χ1n) is 8.95. The number of carbonyl (C=O) groups is 3. The molecule has 1 saturated carbocycles. The molecule has 1 aliphatic rings. The number of methoxy groups -OCH3 is 1. The molecule has 0 atom stereocenters. The molecule has 1 aliphatic carbocycles. The van der Waals surface area contributed by atoms with E-state index in [4.69, 9.17) is 9.47 Å². The zero-order chi connectivity index (χ0) is 18.8. The zero-order valence-electron chi connectivity index (χ0n) is 15.1. The van der Waals surface area contributed by atoms with Gasteiger partial charge in [0.2, 0.25) is 5.91 Å². The molecule has 0 unspecified atom stereocenters. The van der Waals surface area contributed by atoms with Crippen molar-refractivity contribution in [2.24, 2.45) is 0 Å². The lowest BCUT2D eigenvalue weighted by Crippen LogP contribution is -2.36. The molecule has 1 fully saturated rings. The van der Waals surface area contributed by atoms with Gasteiger partial charge in [-0.2, -0.15) is 0 Å². The number of hydrogen-bond acceptors (Lipinski definition) is 5. The minimum absolute atomic E-state index is 0.0367. The number of amides is 2. The highest BCUT2D eigenvalue weighted by Gasteiger charge is 2.17. The summed E-state index contributed by atoms with van der Waals surface area (Å²) in [6, 6.07) is 7.09. The molecule has 142 valence electrons. The molecule has 0 saturated heterocycles. The van der Waals surface area contributed by atoms with Crippen LogP contribution in [0, 0.1) is 0 Å². The summed E-state index contributed by atoms with van der Waals surface area (Å²) in [5, 5.41) is 5.56. The first-order valence-corrected chi connectivity index (χ1v) is 8.95. The fourth-order valence-corrected chi connectivity index (χ4v) is 2.88. The maximum absolute atomic E-state index is 11.8. The quantitative estimate of drug-likeness (QED) is 0.693. The van der Waals surface area contributed by atoms with Gasteiger partial charge < -0.3 is 20.1 Å². The summed E-state index contributed by atoms with van der Waals surface area (Å²) in [5.74, 6) is -0.540. The second-order valence-electron chi connectivity index (χ2n) is 6.34. The van der Waals surface area contributed by atoms with Crippen LogP contribution in [0.3, 0.4) is 0 Å². The maximum Gasteiger partial charge on any atom is 0.306 e. The van der Waals surface area contributed by atoms with Crippen LogP contribution in [0.2, 0.25) is 0 Å². The van der Waals surface area contributed by atoms with Gasteiger partial charge in [-0.15, -0.1) is 0 Å². The first-order chi connectivity index (χ1) is 12.6. The molecule has 1 aromatic rings. The predicted octanol–water partition coefficient (Wildman–Crippen LogP) is 2.41. The lowest BCUT2D eigenvalue weighted by atomic mass is 9.95. The Hall–Kier alpha value is -2.57. The van der Waals surface area contributed by atoms with Crippen LogP contribution in [0.15, 0.2) is 24.3 Å². The summed E-state index contributed by atoms with van der Waals surface area (Å²) < 4.78 is 9.98. The van der Waals surface area contributed by atoms with Crippen molar-refractivity contribution in [1.82, 2.24) is 5.32 Å². The average Bonchev–Trinajstić information content (AvgIpc) is 2.65. The van der Waals surface area contributed by atoms with E-state index in [2.05, 4.69) is 10.6 Å². The molecule has 0 spiro atoms. The highest BCUT2D eigenvalue weighted by Crippen LogP contribution is 2.18. The third kappa shape index (κ3) is 7.13. The largest absolute Gasteiger partial charge is 0.497 e. The number of ether oxygens (including phenoxy) is 2. The van der Waals surface area contributed by atoms with Crippen LogP contribution < -0.4 is 15.4 Å². The van der Waals surface area contributed by atoms with Gasteiger partial charge in [-0.25, -0.2) is 0 Å². The van der Waals surface area contributed by atoms with E-state index in [1.165, 1.54) is 13.5 Å². The standard InChI is InChI=1S/C19H26N2O5/c1-25-16-9-5-8-15(12-16)21-18(23)13-26-19(24)11-10-17(22)20-14-6-3-2-4-7-14/h5,8-9,12,14H,2-4,6-7,10-11,13H2,1H3,(H,20,22)(H,21,23). The summed E-state index contributed by atoms with van der Waals surface area (Å²) in [5.41, 5.74) is 0.553. The summed E-state index contributed by atoms with van der Waals surface area (Å²) in [7, 11) is 1.53. The van der Waals surface area contributed by atoms with Gasteiger partial charge in [0.15, 0.2) is 6.61 Å². The van der Waals surface area contributed by atoms with Crippen molar-refractivity contribution in [3.63, 3.8) is 0 Å². The maximum atomic E-state index is 11.8. The van der Waals surface area contributed by atoms with Crippen LogP contribution in [0.25, 0.3) is 0 Å². The van der Waals surface area contributed by atoms with Crippen LogP contribution >= 0.6 is 0 Å². The molecule has 0 aliphatic heterocycles. The van der Waals surface area contributed by atoms with Gasteiger partial charge >= 0.3 is 5.97 Å².